The van der Waals surface area contributed by atoms with Crippen LogP contribution in [0.25, 0.3) is 0 Å². The average molecular weight is 282 g/mol. The molecular weight excluding hydrogens is 266 g/mol. The number of nitrogens with zero attached hydrogens (tertiary/aromatic N) is 1. The summed E-state index contributed by atoms with van der Waals surface area (Å²) in [6, 6.07) is 8.11. The summed E-state index contributed by atoms with van der Waals surface area (Å²) in [5, 5.41) is 3.15. The summed E-state index contributed by atoms with van der Waals surface area (Å²) >= 11 is 7.75. The monoisotopic (exact) mass is 281 g/mol. The molecule has 1 aromatic heterocycles. The van der Waals surface area contributed by atoms with Gasteiger partial charge in [-0.1, -0.05) is 18.2 Å². The van der Waals surface area contributed by atoms with Crippen LogP contribution in [0, 0.1) is 5.92 Å². The molecule has 1 unspecified atom stereocenters. The van der Waals surface area contributed by atoms with Gasteiger partial charge < -0.3 is 4.74 Å². The summed E-state index contributed by atoms with van der Waals surface area (Å²) in [7, 11) is 1.70. The van der Waals surface area contributed by atoms with Crippen LogP contribution >= 0.6 is 22.9 Å². The Hall–Kier alpha value is -1.06. The fourth-order valence-corrected chi connectivity index (χ4v) is 2.92. The molecule has 1 aromatic carbocycles. The fraction of sp³-hybridized carbons (Fsp3) is 0.357. The first-order valence-electron chi connectivity index (χ1n) is 5.89. The zero-order valence-electron chi connectivity index (χ0n) is 10.3. The zero-order valence-corrected chi connectivity index (χ0v) is 11.9. The molecule has 0 radical (unpaired) electrons. The minimum absolute atomic E-state index is 0.397. The third kappa shape index (κ3) is 3.47. The summed E-state index contributed by atoms with van der Waals surface area (Å²) in [6.07, 6.45) is 3.70. The van der Waals surface area contributed by atoms with E-state index in [2.05, 4.69) is 11.1 Å². The number of benzene rings is 1. The number of halogens is 1. The molecule has 18 heavy (non-hydrogen) atoms. The highest BCUT2D eigenvalue weighted by atomic mass is 35.5. The molecule has 0 amide bonds. The van der Waals surface area contributed by atoms with Gasteiger partial charge in [-0.15, -0.1) is 22.9 Å². The van der Waals surface area contributed by atoms with Gasteiger partial charge in [0, 0.05) is 23.9 Å². The van der Waals surface area contributed by atoms with E-state index in [1.165, 1.54) is 5.56 Å². The molecule has 0 spiro atoms. The number of hydrogen-bond donors (Lipinski definition) is 0. The molecule has 0 saturated heterocycles. The number of hydrogen-bond acceptors (Lipinski definition) is 3. The van der Waals surface area contributed by atoms with E-state index in [9.17, 15) is 0 Å². The van der Waals surface area contributed by atoms with Crippen molar-refractivity contribution < 1.29 is 4.74 Å². The van der Waals surface area contributed by atoms with Gasteiger partial charge in [0.15, 0.2) is 0 Å². The smallest absolute Gasteiger partial charge is 0.122 e. The Morgan fingerprint density at radius 2 is 2.17 bits per heavy atom. The van der Waals surface area contributed by atoms with Crippen molar-refractivity contribution in [3.63, 3.8) is 0 Å². The number of para-hydroxylation sites is 1. The molecule has 1 heterocycles. The van der Waals surface area contributed by atoms with Gasteiger partial charge >= 0.3 is 0 Å². The second kappa shape index (κ2) is 6.76. The minimum Gasteiger partial charge on any atom is -0.496 e. The van der Waals surface area contributed by atoms with E-state index in [4.69, 9.17) is 16.3 Å². The van der Waals surface area contributed by atoms with Crippen LogP contribution in [0.15, 0.2) is 35.8 Å². The van der Waals surface area contributed by atoms with E-state index < -0.39 is 0 Å². The first-order valence-corrected chi connectivity index (χ1v) is 7.31. The number of ether oxygens (including phenoxy) is 1. The molecule has 4 heteroatoms. The van der Waals surface area contributed by atoms with Crippen LogP contribution in [0.5, 0.6) is 5.75 Å². The molecule has 0 aliphatic carbocycles. The topological polar surface area (TPSA) is 22.1 Å². The van der Waals surface area contributed by atoms with E-state index in [1.54, 1.807) is 18.4 Å². The van der Waals surface area contributed by atoms with Crippen molar-refractivity contribution in [1.82, 2.24) is 4.98 Å². The number of methoxy groups -OCH3 is 1. The molecule has 1 atom stereocenters. The highest BCUT2D eigenvalue weighted by Gasteiger charge is 2.13. The van der Waals surface area contributed by atoms with Gasteiger partial charge in [-0.25, -0.2) is 4.98 Å². The Bertz CT molecular complexity index is 472. The van der Waals surface area contributed by atoms with Crippen molar-refractivity contribution in [1.29, 1.82) is 0 Å². The van der Waals surface area contributed by atoms with E-state index in [0.29, 0.717) is 11.8 Å². The maximum absolute atomic E-state index is 6.07. The predicted molar refractivity (Wildman–Crippen MR) is 76.7 cm³/mol. The van der Waals surface area contributed by atoms with Crippen molar-refractivity contribution in [2.45, 2.75) is 12.8 Å². The molecule has 0 aliphatic rings. The Balaban J connectivity index is 2.05. The molecule has 0 bridgehead atoms. The molecule has 0 fully saturated rings. The minimum atomic E-state index is 0.397. The molecule has 0 saturated carbocycles. The van der Waals surface area contributed by atoms with Gasteiger partial charge in [0.25, 0.3) is 0 Å². The summed E-state index contributed by atoms with van der Waals surface area (Å²) in [5.41, 5.74) is 1.21. The Morgan fingerprint density at radius 1 is 1.33 bits per heavy atom. The van der Waals surface area contributed by atoms with E-state index >= 15 is 0 Å². The van der Waals surface area contributed by atoms with Gasteiger partial charge in [-0.2, -0.15) is 0 Å². The molecule has 2 aromatic rings. The normalized spacial score (nSPS) is 12.3. The Kier molecular flexibility index (Phi) is 5.02. The van der Waals surface area contributed by atoms with Crippen molar-refractivity contribution in [3.8, 4) is 5.75 Å². The third-order valence-corrected chi connectivity index (χ3v) is 4.10. The lowest BCUT2D eigenvalue weighted by molar-refractivity contribution is 0.405. The van der Waals surface area contributed by atoms with Crippen LogP contribution < -0.4 is 4.74 Å². The number of thiazole rings is 1. The lowest BCUT2D eigenvalue weighted by Crippen LogP contribution is -2.10. The van der Waals surface area contributed by atoms with E-state index in [-0.39, 0.29) is 0 Å². The van der Waals surface area contributed by atoms with Crippen molar-refractivity contribution in [3.05, 3.63) is 46.4 Å². The summed E-state index contributed by atoms with van der Waals surface area (Å²) in [6.45, 7) is 0. The van der Waals surface area contributed by atoms with Gasteiger partial charge in [0.05, 0.1) is 12.1 Å². The Morgan fingerprint density at radius 3 is 2.83 bits per heavy atom. The van der Waals surface area contributed by atoms with Crippen LogP contribution in [0.2, 0.25) is 0 Å². The highest BCUT2D eigenvalue weighted by molar-refractivity contribution is 7.09. The van der Waals surface area contributed by atoms with Crippen LogP contribution in [0.4, 0.5) is 0 Å². The quantitative estimate of drug-likeness (QED) is 0.752. The molecule has 0 N–H and O–H groups in total. The maximum atomic E-state index is 6.07. The number of alkyl halides is 1. The van der Waals surface area contributed by atoms with Crippen LogP contribution in [0.3, 0.4) is 0 Å². The molecule has 96 valence electrons. The maximum Gasteiger partial charge on any atom is 0.122 e. The highest BCUT2D eigenvalue weighted by Crippen LogP contribution is 2.24. The molecule has 0 aliphatic heterocycles. The van der Waals surface area contributed by atoms with Crippen molar-refractivity contribution in [2.75, 3.05) is 13.0 Å². The second-order valence-electron chi connectivity index (χ2n) is 4.17. The van der Waals surface area contributed by atoms with Gasteiger partial charge in [0.2, 0.25) is 0 Å². The molecule has 2 rings (SSSR count). The lowest BCUT2D eigenvalue weighted by Gasteiger charge is -2.14. The number of aromatic nitrogens is 1. The second-order valence-corrected chi connectivity index (χ2v) is 5.45. The first-order chi connectivity index (χ1) is 8.83. The van der Waals surface area contributed by atoms with Gasteiger partial charge in [-0.3, -0.25) is 0 Å². The SMILES string of the molecule is COc1ccccc1CC(CCl)Cc1nccs1. The summed E-state index contributed by atoms with van der Waals surface area (Å²) in [4.78, 5) is 4.32. The molecule has 2 nitrogen and oxygen atoms in total. The first kappa shape index (κ1) is 13.4. The summed E-state index contributed by atoms with van der Waals surface area (Å²) < 4.78 is 5.37. The largest absolute Gasteiger partial charge is 0.496 e. The molecular formula is C14H16ClNOS. The van der Waals surface area contributed by atoms with Crippen molar-refractivity contribution >= 4 is 22.9 Å². The predicted octanol–water partition coefficient (Wildman–Crippen LogP) is 3.79. The van der Waals surface area contributed by atoms with Gasteiger partial charge in [0.1, 0.15) is 5.75 Å². The number of rotatable bonds is 6. The van der Waals surface area contributed by atoms with Gasteiger partial charge in [-0.05, 0) is 24.0 Å². The standard InChI is InChI=1S/C14H16ClNOS/c1-17-13-5-3-2-4-12(13)8-11(10-15)9-14-16-6-7-18-14/h2-7,11H,8-10H2,1H3. The average Bonchev–Trinajstić information content (AvgIpc) is 2.91. The summed E-state index contributed by atoms with van der Waals surface area (Å²) in [5.74, 6) is 1.97. The Labute approximate surface area is 117 Å². The van der Waals surface area contributed by atoms with Crippen molar-refractivity contribution in [2.24, 2.45) is 5.92 Å². The lowest BCUT2D eigenvalue weighted by atomic mass is 9.97. The van der Waals surface area contributed by atoms with Crippen LogP contribution in [-0.4, -0.2) is 18.0 Å². The van der Waals surface area contributed by atoms with E-state index in [1.807, 2.05) is 29.8 Å². The van der Waals surface area contributed by atoms with Crippen LogP contribution in [0.1, 0.15) is 10.6 Å². The zero-order chi connectivity index (χ0) is 12.8. The van der Waals surface area contributed by atoms with Crippen LogP contribution in [-0.2, 0) is 12.8 Å². The van der Waals surface area contributed by atoms with E-state index in [0.717, 1.165) is 23.6 Å². The third-order valence-electron chi connectivity index (χ3n) is 2.87. The fourth-order valence-electron chi connectivity index (χ4n) is 1.96.